The highest BCUT2D eigenvalue weighted by Gasteiger charge is 2.10. The van der Waals surface area contributed by atoms with Crippen LogP contribution < -0.4 is 5.73 Å². The van der Waals surface area contributed by atoms with Crippen molar-refractivity contribution in [3.05, 3.63) is 16.4 Å². The molecule has 0 amide bonds. The molecule has 0 saturated carbocycles. The smallest absolute Gasteiger partial charge is 0.129 e. The van der Waals surface area contributed by atoms with Gasteiger partial charge in [0.2, 0.25) is 0 Å². The van der Waals surface area contributed by atoms with Gasteiger partial charge in [-0.1, -0.05) is 0 Å². The van der Waals surface area contributed by atoms with Crippen LogP contribution in [-0.4, -0.2) is 9.97 Å². The standard InChI is InChI=1S/C9H11N3S/c1-4-7-8(10)5(2)13-9(7)12-6(3)11-4/h10H2,1-3H3. The van der Waals surface area contributed by atoms with Crippen molar-refractivity contribution in [1.29, 1.82) is 0 Å². The highest BCUT2D eigenvalue weighted by molar-refractivity contribution is 7.19. The summed E-state index contributed by atoms with van der Waals surface area (Å²) in [7, 11) is 0. The average Bonchev–Trinajstić information content (AvgIpc) is 2.27. The molecule has 3 nitrogen and oxygen atoms in total. The van der Waals surface area contributed by atoms with Crippen molar-refractivity contribution in [2.75, 3.05) is 5.73 Å². The first-order chi connectivity index (χ1) is 6.09. The number of aryl methyl sites for hydroxylation is 3. The van der Waals surface area contributed by atoms with E-state index >= 15 is 0 Å². The maximum absolute atomic E-state index is 5.92. The van der Waals surface area contributed by atoms with Gasteiger partial charge in [0, 0.05) is 4.88 Å². The third-order valence-corrected chi connectivity index (χ3v) is 3.08. The molecule has 2 aromatic rings. The lowest BCUT2D eigenvalue weighted by Crippen LogP contribution is -1.93. The van der Waals surface area contributed by atoms with Crippen LogP contribution in [0.25, 0.3) is 10.2 Å². The molecule has 2 rings (SSSR count). The van der Waals surface area contributed by atoms with E-state index in [9.17, 15) is 0 Å². The zero-order valence-electron chi connectivity index (χ0n) is 7.88. The predicted molar refractivity (Wildman–Crippen MR) is 56.0 cm³/mol. The lowest BCUT2D eigenvalue weighted by molar-refractivity contribution is 1.06. The van der Waals surface area contributed by atoms with Crippen LogP contribution in [0.2, 0.25) is 0 Å². The Kier molecular flexibility index (Phi) is 1.73. The summed E-state index contributed by atoms with van der Waals surface area (Å²) in [5, 5.41) is 1.02. The van der Waals surface area contributed by atoms with Gasteiger partial charge in [0.1, 0.15) is 10.7 Å². The summed E-state index contributed by atoms with van der Waals surface area (Å²) in [6.45, 7) is 5.88. The number of nitrogens with two attached hydrogens (primary N) is 1. The number of aromatic nitrogens is 2. The number of rotatable bonds is 0. The molecule has 2 aromatic heterocycles. The Morgan fingerprint density at radius 2 is 1.85 bits per heavy atom. The largest absolute Gasteiger partial charge is 0.397 e. The van der Waals surface area contributed by atoms with Gasteiger partial charge in [0.05, 0.1) is 16.8 Å². The molecule has 2 N–H and O–H groups in total. The zero-order chi connectivity index (χ0) is 9.59. The van der Waals surface area contributed by atoms with E-state index in [1.807, 2.05) is 20.8 Å². The van der Waals surface area contributed by atoms with E-state index in [2.05, 4.69) is 9.97 Å². The van der Waals surface area contributed by atoms with Gasteiger partial charge >= 0.3 is 0 Å². The molecule has 2 heterocycles. The van der Waals surface area contributed by atoms with Crippen LogP contribution in [0.5, 0.6) is 0 Å². The lowest BCUT2D eigenvalue weighted by Gasteiger charge is -1.98. The fourth-order valence-corrected chi connectivity index (χ4v) is 2.48. The molecule has 4 heteroatoms. The first-order valence-corrected chi connectivity index (χ1v) is 4.91. The monoisotopic (exact) mass is 193 g/mol. The van der Waals surface area contributed by atoms with Crippen LogP contribution in [0, 0.1) is 20.8 Å². The molecular formula is C9H11N3S. The van der Waals surface area contributed by atoms with Crippen molar-refractivity contribution in [1.82, 2.24) is 9.97 Å². The average molecular weight is 193 g/mol. The van der Waals surface area contributed by atoms with Gasteiger partial charge in [-0.25, -0.2) is 9.97 Å². The third kappa shape index (κ3) is 1.18. The van der Waals surface area contributed by atoms with E-state index in [0.29, 0.717) is 0 Å². The number of fused-ring (bicyclic) bond motifs is 1. The summed E-state index contributed by atoms with van der Waals surface area (Å²) in [6.07, 6.45) is 0. The molecule has 0 aliphatic heterocycles. The van der Waals surface area contributed by atoms with Crippen molar-refractivity contribution < 1.29 is 0 Å². The first-order valence-electron chi connectivity index (χ1n) is 4.09. The Bertz CT molecular complexity index is 473. The summed E-state index contributed by atoms with van der Waals surface area (Å²) in [4.78, 5) is 10.8. The molecule has 0 unspecified atom stereocenters. The van der Waals surface area contributed by atoms with Crippen molar-refractivity contribution >= 4 is 27.2 Å². The minimum atomic E-state index is 0.811. The van der Waals surface area contributed by atoms with E-state index in [0.717, 1.165) is 32.3 Å². The van der Waals surface area contributed by atoms with Gasteiger partial charge in [-0.05, 0) is 20.8 Å². The molecule has 0 aromatic carbocycles. The summed E-state index contributed by atoms with van der Waals surface area (Å²) in [5.41, 5.74) is 7.73. The molecule has 68 valence electrons. The summed E-state index contributed by atoms with van der Waals surface area (Å²) in [5.74, 6) is 0.811. The fourth-order valence-electron chi connectivity index (χ4n) is 1.44. The van der Waals surface area contributed by atoms with Gasteiger partial charge in [-0.3, -0.25) is 0 Å². The molecule has 0 fully saturated rings. The summed E-state index contributed by atoms with van der Waals surface area (Å²) >= 11 is 1.63. The Hall–Kier alpha value is -1.16. The number of nitrogens with zero attached hydrogens (tertiary/aromatic N) is 2. The minimum absolute atomic E-state index is 0.811. The number of thiophene rings is 1. The quantitative estimate of drug-likeness (QED) is 0.697. The number of nitrogen functional groups attached to an aromatic ring is 1. The van der Waals surface area contributed by atoms with Crippen LogP contribution in [0.1, 0.15) is 16.4 Å². The van der Waals surface area contributed by atoms with Crippen molar-refractivity contribution in [2.24, 2.45) is 0 Å². The SMILES string of the molecule is Cc1nc(C)c2c(N)c(C)sc2n1. The van der Waals surface area contributed by atoms with Crippen LogP contribution in [0.15, 0.2) is 0 Å². The Morgan fingerprint density at radius 3 is 2.54 bits per heavy atom. The molecule has 13 heavy (non-hydrogen) atoms. The molecule has 0 aliphatic rings. The normalized spacial score (nSPS) is 11.0. The highest BCUT2D eigenvalue weighted by atomic mass is 32.1. The molecule has 0 radical (unpaired) electrons. The second kappa shape index (κ2) is 2.67. The maximum Gasteiger partial charge on any atom is 0.129 e. The van der Waals surface area contributed by atoms with Crippen LogP contribution in [-0.2, 0) is 0 Å². The topological polar surface area (TPSA) is 51.8 Å². The Morgan fingerprint density at radius 1 is 1.15 bits per heavy atom. The van der Waals surface area contributed by atoms with Crippen molar-refractivity contribution in [3.8, 4) is 0 Å². The number of anilines is 1. The van der Waals surface area contributed by atoms with Crippen molar-refractivity contribution in [3.63, 3.8) is 0 Å². The van der Waals surface area contributed by atoms with Gasteiger partial charge in [0.25, 0.3) is 0 Å². The molecule has 0 bridgehead atoms. The molecular weight excluding hydrogens is 182 g/mol. The Labute approximate surface area is 80.6 Å². The minimum Gasteiger partial charge on any atom is -0.397 e. The second-order valence-corrected chi connectivity index (χ2v) is 4.31. The summed E-state index contributed by atoms with van der Waals surface area (Å²) in [6, 6.07) is 0. The lowest BCUT2D eigenvalue weighted by atomic mass is 10.2. The van der Waals surface area contributed by atoms with E-state index in [4.69, 9.17) is 5.73 Å². The molecule has 0 saturated heterocycles. The Balaban J connectivity index is 2.94. The zero-order valence-corrected chi connectivity index (χ0v) is 8.70. The van der Waals surface area contributed by atoms with Gasteiger partial charge < -0.3 is 5.73 Å². The van der Waals surface area contributed by atoms with Crippen LogP contribution >= 0.6 is 11.3 Å². The van der Waals surface area contributed by atoms with E-state index in [1.165, 1.54) is 0 Å². The first kappa shape index (κ1) is 8.44. The maximum atomic E-state index is 5.92. The third-order valence-electron chi connectivity index (χ3n) is 2.07. The molecule has 0 spiro atoms. The van der Waals surface area contributed by atoms with Crippen LogP contribution in [0.4, 0.5) is 5.69 Å². The molecule has 0 aliphatic carbocycles. The predicted octanol–water partition coefficient (Wildman–Crippen LogP) is 2.20. The van der Waals surface area contributed by atoms with E-state index in [1.54, 1.807) is 11.3 Å². The highest BCUT2D eigenvalue weighted by Crippen LogP contribution is 2.32. The molecule has 0 atom stereocenters. The summed E-state index contributed by atoms with van der Waals surface area (Å²) < 4.78 is 0. The fraction of sp³-hybridized carbons (Fsp3) is 0.333. The van der Waals surface area contributed by atoms with Gasteiger partial charge in [-0.2, -0.15) is 0 Å². The second-order valence-electron chi connectivity index (χ2n) is 3.11. The number of hydrogen-bond donors (Lipinski definition) is 1. The number of hydrogen-bond acceptors (Lipinski definition) is 4. The van der Waals surface area contributed by atoms with Crippen LogP contribution in [0.3, 0.4) is 0 Å². The van der Waals surface area contributed by atoms with E-state index in [-0.39, 0.29) is 0 Å². The van der Waals surface area contributed by atoms with Gasteiger partial charge in [-0.15, -0.1) is 11.3 Å². The van der Waals surface area contributed by atoms with Gasteiger partial charge in [0.15, 0.2) is 0 Å². The van der Waals surface area contributed by atoms with E-state index < -0.39 is 0 Å². The van der Waals surface area contributed by atoms with Crippen molar-refractivity contribution in [2.45, 2.75) is 20.8 Å².